The number of hydrogen-bond donors (Lipinski definition) is 0. The molecule has 0 bridgehead atoms. The van der Waals surface area contributed by atoms with Gasteiger partial charge in [0.25, 0.3) is 0 Å². The van der Waals surface area contributed by atoms with Crippen LogP contribution in [0.5, 0.6) is 0 Å². The summed E-state index contributed by atoms with van der Waals surface area (Å²) in [6.07, 6.45) is 69.6. The van der Waals surface area contributed by atoms with Crippen LogP contribution in [0, 0.1) is 0 Å². The summed E-state index contributed by atoms with van der Waals surface area (Å²) in [5.74, 6) is -0.854. The van der Waals surface area contributed by atoms with E-state index in [1.54, 1.807) is 0 Å². The van der Waals surface area contributed by atoms with Crippen LogP contribution >= 0.6 is 0 Å². The maximum Gasteiger partial charge on any atom is 0.306 e. The monoisotopic (exact) mass is 987 g/mol. The van der Waals surface area contributed by atoms with E-state index in [2.05, 4.69) is 32.9 Å². The van der Waals surface area contributed by atoms with Gasteiger partial charge in [-0.15, -0.1) is 0 Å². The Balaban J connectivity index is 4.03. The second-order valence-corrected chi connectivity index (χ2v) is 21.7. The highest BCUT2D eigenvalue weighted by atomic mass is 16.6. The molecule has 0 aliphatic rings. The minimum absolute atomic E-state index is 0.0667. The molecule has 6 heteroatoms. The highest BCUT2D eigenvalue weighted by molar-refractivity contribution is 5.71. The third-order valence-corrected chi connectivity index (χ3v) is 14.5. The summed E-state index contributed by atoms with van der Waals surface area (Å²) in [7, 11) is 0. The Morgan fingerprint density at radius 3 is 0.771 bits per heavy atom. The fourth-order valence-corrected chi connectivity index (χ4v) is 9.74. The van der Waals surface area contributed by atoms with Gasteiger partial charge in [0.15, 0.2) is 6.10 Å². The Kier molecular flexibility index (Phi) is 58.1. The van der Waals surface area contributed by atoms with Crippen molar-refractivity contribution >= 4 is 17.9 Å². The highest BCUT2D eigenvalue weighted by Crippen LogP contribution is 2.18. The molecule has 1 atom stereocenters. The fourth-order valence-electron chi connectivity index (χ4n) is 9.74. The largest absolute Gasteiger partial charge is 0.462 e. The van der Waals surface area contributed by atoms with E-state index in [1.807, 2.05) is 0 Å². The average Bonchev–Trinajstić information content (AvgIpc) is 3.36. The van der Waals surface area contributed by atoms with Crippen LogP contribution in [0.2, 0.25) is 0 Å². The van der Waals surface area contributed by atoms with Crippen LogP contribution in [0.15, 0.2) is 12.2 Å². The van der Waals surface area contributed by atoms with Gasteiger partial charge in [0.05, 0.1) is 0 Å². The number of carbonyl (C=O) groups excluding carboxylic acids is 3. The number of unbranched alkanes of at least 4 members (excludes halogenated alkanes) is 46. The molecule has 0 saturated heterocycles. The second kappa shape index (κ2) is 59.7. The van der Waals surface area contributed by atoms with Crippen LogP contribution < -0.4 is 0 Å². The molecule has 0 aromatic carbocycles. The van der Waals surface area contributed by atoms with E-state index in [0.29, 0.717) is 19.3 Å². The van der Waals surface area contributed by atoms with E-state index in [9.17, 15) is 14.4 Å². The summed E-state index contributed by atoms with van der Waals surface area (Å²) in [4.78, 5) is 38.1. The van der Waals surface area contributed by atoms with Crippen molar-refractivity contribution in [3.05, 3.63) is 12.2 Å². The second-order valence-electron chi connectivity index (χ2n) is 21.7. The van der Waals surface area contributed by atoms with Crippen molar-refractivity contribution in [1.29, 1.82) is 0 Å². The van der Waals surface area contributed by atoms with Gasteiger partial charge >= 0.3 is 17.9 Å². The van der Waals surface area contributed by atoms with Crippen molar-refractivity contribution in [2.45, 2.75) is 367 Å². The van der Waals surface area contributed by atoms with Crippen molar-refractivity contribution in [3.63, 3.8) is 0 Å². The highest BCUT2D eigenvalue weighted by Gasteiger charge is 2.19. The molecule has 0 saturated carbocycles. The maximum atomic E-state index is 12.8. The van der Waals surface area contributed by atoms with Gasteiger partial charge in [0.1, 0.15) is 13.2 Å². The molecule has 0 amide bonds. The molecule has 0 spiro atoms. The molecule has 0 aromatic rings. The molecular formula is C64H122O6. The zero-order valence-corrected chi connectivity index (χ0v) is 47.6. The standard InChI is InChI=1S/C64H122O6/c1-4-7-10-13-16-19-22-24-25-26-27-28-29-30-31-32-33-34-35-36-37-38-39-41-42-45-48-51-54-57-63(66)69-60-61(59-68-62(65)56-53-50-47-44-21-18-15-12-9-6-3)70-64(67)58-55-52-49-46-43-40-23-20-17-14-11-8-5-2/h12,15,61H,4-11,13-14,16-60H2,1-3H3/b15-12-. The van der Waals surface area contributed by atoms with Crippen LogP contribution in [0.3, 0.4) is 0 Å². The molecule has 0 heterocycles. The summed E-state index contributed by atoms with van der Waals surface area (Å²) in [5, 5.41) is 0. The van der Waals surface area contributed by atoms with Crippen LogP contribution in [0.1, 0.15) is 361 Å². The van der Waals surface area contributed by atoms with E-state index < -0.39 is 6.10 Å². The number of carbonyl (C=O) groups is 3. The lowest BCUT2D eigenvalue weighted by Gasteiger charge is -2.18. The van der Waals surface area contributed by atoms with Crippen molar-refractivity contribution in [3.8, 4) is 0 Å². The lowest BCUT2D eigenvalue weighted by Crippen LogP contribution is -2.30. The van der Waals surface area contributed by atoms with Crippen molar-refractivity contribution in [1.82, 2.24) is 0 Å². The first kappa shape index (κ1) is 68.2. The SMILES string of the molecule is CCC/C=C\CCCCCCCC(=O)OCC(COC(=O)CCCCCCCCCCCCCCCCCCCCCCCCCCCCCCC)OC(=O)CCCCCCCCCCCCCCC. The first-order chi connectivity index (χ1) is 34.5. The summed E-state index contributed by atoms with van der Waals surface area (Å²) in [6.45, 7) is 6.63. The minimum Gasteiger partial charge on any atom is -0.462 e. The lowest BCUT2D eigenvalue weighted by molar-refractivity contribution is -0.167. The zero-order chi connectivity index (χ0) is 50.7. The van der Waals surface area contributed by atoms with Gasteiger partial charge in [-0.25, -0.2) is 0 Å². The van der Waals surface area contributed by atoms with Gasteiger partial charge in [-0.1, -0.05) is 315 Å². The molecular weight excluding hydrogens is 865 g/mol. The van der Waals surface area contributed by atoms with Crippen LogP contribution in [0.4, 0.5) is 0 Å². The van der Waals surface area contributed by atoms with Gasteiger partial charge in [-0.05, 0) is 38.5 Å². The average molecular weight is 988 g/mol. The van der Waals surface area contributed by atoms with Crippen molar-refractivity contribution in [2.24, 2.45) is 0 Å². The van der Waals surface area contributed by atoms with Gasteiger partial charge in [-0.3, -0.25) is 14.4 Å². The van der Waals surface area contributed by atoms with Gasteiger partial charge in [0.2, 0.25) is 0 Å². The first-order valence-electron chi connectivity index (χ1n) is 31.7. The normalized spacial score (nSPS) is 12.0. The van der Waals surface area contributed by atoms with E-state index in [0.717, 1.165) is 70.6 Å². The molecule has 0 aliphatic carbocycles. The smallest absolute Gasteiger partial charge is 0.306 e. The third-order valence-electron chi connectivity index (χ3n) is 14.5. The van der Waals surface area contributed by atoms with Gasteiger partial charge in [-0.2, -0.15) is 0 Å². The molecule has 0 N–H and O–H groups in total. The summed E-state index contributed by atoms with van der Waals surface area (Å²) >= 11 is 0. The number of ether oxygens (including phenoxy) is 3. The van der Waals surface area contributed by atoms with Gasteiger partial charge < -0.3 is 14.2 Å². The van der Waals surface area contributed by atoms with Crippen molar-refractivity contribution < 1.29 is 28.6 Å². The Bertz CT molecular complexity index is 1090. The molecule has 6 nitrogen and oxygen atoms in total. The number of esters is 3. The molecule has 0 aliphatic heterocycles. The topological polar surface area (TPSA) is 78.9 Å². The van der Waals surface area contributed by atoms with E-state index >= 15 is 0 Å². The predicted molar refractivity (Wildman–Crippen MR) is 303 cm³/mol. The Morgan fingerprint density at radius 1 is 0.271 bits per heavy atom. The molecule has 1 unspecified atom stereocenters. The predicted octanol–water partition coefficient (Wildman–Crippen LogP) is 21.3. The van der Waals surface area contributed by atoms with Crippen LogP contribution in [-0.2, 0) is 28.6 Å². The first-order valence-corrected chi connectivity index (χ1v) is 31.7. The van der Waals surface area contributed by atoms with Crippen LogP contribution in [-0.4, -0.2) is 37.2 Å². The van der Waals surface area contributed by atoms with Crippen molar-refractivity contribution in [2.75, 3.05) is 13.2 Å². The van der Waals surface area contributed by atoms with Crippen LogP contribution in [0.25, 0.3) is 0 Å². The number of allylic oxidation sites excluding steroid dienone is 2. The molecule has 0 aromatic heterocycles. The van der Waals surface area contributed by atoms with Gasteiger partial charge in [0, 0.05) is 19.3 Å². The van der Waals surface area contributed by atoms with E-state index in [1.165, 1.54) is 250 Å². The number of hydrogen-bond acceptors (Lipinski definition) is 6. The third kappa shape index (κ3) is 57.1. The Morgan fingerprint density at radius 2 is 0.500 bits per heavy atom. The summed E-state index contributed by atoms with van der Waals surface area (Å²) in [5.41, 5.74) is 0. The lowest BCUT2D eigenvalue weighted by atomic mass is 10.0. The quantitative estimate of drug-likeness (QED) is 0.0261. The zero-order valence-electron chi connectivity index (χ0n) is 47.6. The maximum absolute atomic E-state index is 12.8. The Hall–Kier alpha value is -1.85. The number of rotatable bonds is 59. The molecule has 414 valence electrons. The molecule has 0 radical (unpaired) electrons. The fraction of sp³-hybridized carbons (Fsp3) is 0.922. The van der Waals surface area contributed by atoms with E-state index in [-0.39, 0.29) is 31.1 Å². The van der Waals surface area contributed by atoms with E-state index in [4.69, 9.17) is 14.2 Å². The molecule has 70 heavy (non-hydrogen) atoms. The Labute approximate surface area is 437 Å². The minimum atomic E-state index is -0.767. The molecule has 0 rings (SSSR count). The summed E-state index contributed by atoms with van der Waals surface area (Å²) < 4.78 is 16.9. The molecule has 0 fully saturated rings. The summed E-state index contributed by atoms with van der Waals surface area (Å²) in [6, 6.07) is 0.